The molecular weight excluding hydrogens is 471 g/mol. The Morgan fingerprint density at radius 2 is 1.33 bits per heavy atom. The summed E-state index contributed by atoms with van der Waals surface area (Å²) < 4.78 is 2.38. The van der Waals surface area contributed by atoms with Gasteiger partial charge in [0.1, 0.15) is 0 Å². The van der Waals surface area contributed by atoms with E-state index in [0.717, 1.165) is 4.47 Å². The fourth-order valence-corrected chi connectivity index (χ4v) is 4.36. The Balaban J connectivity index is 1.95. The van der Waals surface area contributed by atoms with Crippen molar-refractivity contribution < 1.29 is 0 Å². The molecule has 5 rings (SSSR count). The van der Waals surface area contributed by atoms with Gasteiger partial charge in [-0.25, -0.2) is 0 Å². The molecule has 0 aliphatic heterocycles. The summed E-state index contributed by atoms with van der Waals surface area (Å²) in [5, 5.41) is 8.00. The van der Waals surface area contributed by atoms with Gasteiger partial charge in [-0.1, -0.05) is 60.7 Å². The van der Waals surface area contributed by atoms with Crippen LogP contribution >= 0.6 is 38.5 Å². The molecule has 0 heterocycles. The molecule has 114 valence electrons. The monoisotopic (exact) mass is 482 g/mol. The van der Waals surface area contributed by atoms with Gasteiger partial charge in [0.15, 0.2) is 0 Å². The van der Waals surface area contributed by atoms with Crippen LogP contribution in [0.25, 0.3) is 43.4 Å². The van der Waals surface area contributed by atoms with Crippen LogP contribution < -0.4 is 0 Å². The Morgan fingerprint density at radius 3 is 2.08 bits per heavy atom. The lowest BCUT2D eigenvalue weighted by Crippen LogP contribution is -1.87. The average molecular weight is 483 g/mol. The highest BCUT2D eigenvalue weighted by Gasteiger charge is 2.12. The van der Waals surface area contributed by atoms with Crippen molar-refractivity contribution in [2.75, 3.05) is 0 Å². The van der Waals surface area contributed by atoms with Crippen LogP contribution in [0.4, 0.5) is 0 Å². The Hall–Kier alpha value is -1.65. The Labute approximate surface area is 162 Å². The summed E-state index contributed by atoms with van der Waals surface area (Å²) in [4.78, 5) is 0. The second-order valence-corrected chi connectivity index (χ2v) is 8.11. The zero-order valence-corrected chi connectivity index (χ0v) is 16.4. The topological polar surface area (TPSA) is 0 Å². The van der Waals surface area contributed by atoms with E-state index >= 15 is 0 Å². The van der Waals surface area contributed by atoms with Crippen molar-refractivity contribution in [3.8, 4) is 11.1 Å². The molecular formula is C22H12BrI. The van der Waals surface area contributed by atoms with Gasteiger partial charge in [0.05, 0.1) is 0 Å². The van der Waals surface area contributed by atoms with Crippen LogP contribution in [-0.2, 0) is 0 Å². The first-order valence-corrected chi connectivity index (χ1v) is 9.71. The van der Waals surface area contributed by atoms with Gasteiger partial charge in [0.2, 0.25) is 0 Å². The molecule has 0 fully saturated rings. The summed E-state index contributed by atoms with van der Waals surface area (Å²) in [6, 6.07) is 26.6. The van der Waals surface area contributed by atoms with Gasteiger partial charge in [-0.15, -0.1) is 0 Å². The van der Waals surface area contributed by atoms with E-state index in [1.54, 1.807) is 0 Å². The zero-order chi connectivity index (χ0) is 16.3. The first kappa shape index (κ1) is 14.7. The number of hydrogen-bond acceptors (Lipinski definition) is 0. The lowest BCUT2D eigenvalue weighted by atomic mass is 9.90. The molecule has 0 unspecified atom stereocenters. The molecule has 0 radical (unpaired) electrons. The van der Waals surface area contributed by atoms with Gasteiger partial charge in [0.25, 0.3) is 0 Å². The number of hydrogen-bond donors (Lipinski definition) is 0. The normalized spacial score (nSPS) is 11.8. The van der Waals surface area contributed by atoms with Crippen LogP contribution in [0.1, 0.15) is 0 Å². The first-order chi connectivity index (χ1) is 11.7. The molecule has 5 aromatic carbocycles. The molecule has 0 aliphatic carbocycles. The second-order valence-electron chi connectivity index (χ2n) is 6.10. The quantitative estimate of drug-likeness (QED) is 0.170. The molecule has 0 atom stereocenters. The fraction of sp³-hybridized carbons (Fsp3) is 0. The smallest absolute Gasteiger partial charge is 0.0315 e. The highest BCUT2D eigenvalue weighted by atomic mass is 127. The van der Waals surface area contributed by atoms with E-state index in [2.05, 4.69) is 111 Å². The van der Waals surface area contributed by atoms with E-state index in [1.165, 1.54) is 47.0 Å². The molecule has 24 heavy (non-hydrogen) atoms. The molecule has 0 nitrogen and oxygen atoms in total. The van der Waals surface area contributed by atoms with Crippen molar-refractivity contribution in [2.45, 2.75) is 0 Å². The van der Waals surface area contributed by atoms with Crippen LogP contribution in [-0.4, -0.2) is 0 Å². The largest absolute Gasteiger partial charge is 0.0610 e. The van der Waals surface area contributed by atoms with Gasteiger partial charge < -0.3 is 0 Å². The Kier molecular flexibility index (Phi) is 3.32. The molecule has 0 bridgehead atoms. The fourth-order valence-electron chi connectivity index (χ4n) is 3.65. The van der Waals surface area contributed by atoms with E-state index in [4.69, 9.17) is 0 Å². The van der Waals surface area contributed by atoms with Crippen molar-refractivity contribution in [1.29, 1.82) is 0 Å². The minimum atomic E-state index is 1.14. The van der Waals surface area contributed by atoms with E-state index < -0.39 is 0 Å². The maximum atomic E-state index is 3.67. The maximum Gasteiger partial charge on any atom is 0.0315 e. The van der Waals surface area contributed by atoms with Crippen molar-refractivity contribution >= 4 is 70.8 Å². The lowest BCUT2D eigenvalue weighted by molar-refractivity contribution is 1.57. The minimum absolute atomic E-state index is 1.14. The van der Waals surface area contributed by atoms with Crippen LogP contribution in [0, 0.1) is 3.57 Å². The highest BCUT2D eigenvalue weighted by Crippen LogP contribution is 2.39. The van der Waals surface area contributed by atoms with Gasteiger partial charge in [0, 0.05) is 8.04 Å². The molecule has 5 aromatic rings. The third kappa shape index (κ3) is 2.09. The summed E-state index contributed by atoms with van der Waals surface area (Å²) in [6.45, 7) is 0. The van der Waals surface area contributed by atoms with Crippen LogP contribution in [0.2, 0.25) is 0 Å². The minimum Gasteiger partial charge on any atom is -0.0610 e. The van der Waals surface area contributed by atoms with Crippen molar-refractivity contribution in [3.05, 3.63) is 80.8 Å². The zero-order valence-electron chi connectivity index (χ0n) is 12.7. The van der Waals surface area contributed by atoms with Crippen LogP contribution in [0.3, 0.4) is 0 Å². The first-order valence-electron chi connectivity index (χ1n) is 7.84. The number of benzene rings is 5. The SMILES string of the molecule is Brc1cc(-c2ccc3ccc4cccc5ccc2c3c45)ccc1I. The predicted octanol–water partition coefficient (Wildman–Crippen LogP) is 7.62. The number of rotatable bonds is 1. The maximum absolute atomic E-state index is 3.67. The molecule has 0 amide bonds. The third-order valence-electron chi connectivity index (χ3n) is 4.76. The van der Waals surface area contributed by atoms with E-state index in [1.807, 2.05) is 0 Å². The third-order valence-corrected chi connectivity index (χ3v) is 7.10. The van der Waals surface area contributed by atoms with Gasteiger partial charge >= 0.3 is 0 Å². The van der Waals surface area contributed by atoms with Crippen LogP contribution in [0.5, 0.6) is 0 Å². The molecule has 0 aliphatic rings. The summed E-state index contributed by atoms with van der Waals surface area (Å²) in [7, 11) is 0. The standard InChI is InChI=1S/C22H12BrI/c23-19-12-16(8-11-20(19)24)17-9-6-15-5-4-13-2-1-3-14-7-10-18(17)22(15)21(13)14/h1-12H. The van der Waals surface area contributed by atoms with E-state index in [-0.39, 0.29) is 0 Å². The Morgan fingerprint density at radius 1 is 0.667 bits per heavy atom. The summed E-state index contributed by atoms with van der Waals surface area (Å²) in [5.41, 5.74) is 2.54. The summed E-state index contributed by atoms with van der Waals surface area (Å²) >= 11 is 6.02. The van der Waals surface area contributed by atoms with E-state index in [9.17, 15) is 0 Å². The lowest BCUT2D eigenvalue weighted by Gasteiger charge is -2.14. The predicted molar refractivity (Wildman–Crippen MR) is 116 cm³/mol. The number of halogens is 2. The van der Waals surface area contributed by atoms with Gasteiger partial charge in [-0.3, -0.25) is 0 Å². The van der Waals surface area contributed by atoms with Crippen molar-refractivity contribution in [2.24, 2.45) is 0 Å². The second kappa shape index (κ2) is 5.43. The highest BCUT2D eigenvalue weighted by molar-refractivity contribution is 14.1. The summed E-state index contributed by atoms with van der Waals surface area (Å²) in [6.07, 6.45) is 0. The van der Waals surface area contributed by atoms with Crippen LogP contribution in [0.15, 0.2) is 77.3 Å². The van der Waals surface area contributed by atoms with E-state index in [0.29, 0.717) is 0 Å². The van der Waals surface area contributed by atoms with Crippen molar-refractivity contribution in [1.82, 2.24) is 0 Å². The molecule has 0 aromatic heterocycles. The molecule has 0 spiro atoms. The van der Waals surface area contributed by atoms with Gasteiger partial charge in [-0.05, 0) is 94.1 Å². The molecule has 0 saturated carbocycles. The summed E-state index contributed by atoms with van der Waals surface area (Å²) in [5.74, 6) is 0. The molecule has 2 heteroatoms. The van der Waals surface area contributed by atoms with Crippen molar-refractivity contribution in [3.63, 3.8) is 0 Å². The van der Waals surface area contributed by atoms with Gasteiger partial charge in [-0.2, -0.15) is 0 Å². The molecule has 0 saturated heterocycles. The molecule has 0 N–H and O–H groups in total. The average Bonchev–Trinajstić information content (AvgIpc) is 2.62. The Bertz CT molecular complexity index is 1210.